The van der Waals surface area contributed by atoms with Crippen molar-refractivity contribution in [2.45, 2.75) is 63.4 Å². The number of aldehydes is 1. The van der Waals surface area contributed by atoms with E-state index in [1.54, 1.807) is 0 Å². The monoisotopic (exact) mass is 368 g/mol. The van der Waals surface area contributed by atoms with Crippen molar-refractivity contribution in [2.24, 2.45) is 11.8 Å². The maximum Gasteiger partial charge on any atom is 0.160 e. The number of hydrogen-bond donors (Lipinski definition) is 2. The first-order valence-electron chi connectivity index (χ1n) is 9.31. The van der Waals surface area contributed by atoms with Crippen LogP contribution in [-0.4, -0.2) is 48.2 Å². The average molecular weight is 368 g/mol. The number of carbonyl (C=O) groups excluding carboxylic acids is 1. The van der Waals surface area contributed by atoms with Gasteiger partial charge in [0.15, 0.2) is 12.6 Å². The molecule has 2 aliphatic rings. The van der Waals surface area contributed by atoms with Crippen molar-refractivity contribution in [3.63, 3.8) is 0 Å². The molecule has 140 valence electrons. The number of aryl methyl sites for hydroxylation is 1. The first-order valence-corrected chi connectivity index (χ1v) is 10.1. The summed E-state index contributed by atoms with van der Waals surface area (Å²) in [6, 6.07) is 3.84. The molecule has 25 heavy (non-hydrogen) atoms. The van der Waals surface area contributed by atoms with Crippen molar-refractivity contribution in [3.05, 3.63) is 21.9 Å². The minimum absolute atomic E-state index is 0.0330. The number of rotatable bonds is 8. The molecule has 5 nitrogen and oxygen atoms in total. The summed E-state index contributed by atoms with van der Waals surface area (Å²) in [5.74, 6) is 0.0264. The summed E-state index contributed by atoms with van der Waals surface area (Å²) in [5, 5.41) is 20.3. The molecule has 3 rings (SSSR count). The van der Waals surface area contributed by atoms with Crippen LogP contribution in [0.3, 0.4) is 0 Å². The predicted molar refractivity (Wildman–Crippen MR) is 95.8 cm³/mol. The third kappa shape index (κ3) is 4.89. The Morgan fingerprint density at radius 3 is 2.88 bits per heavy atom. The molecule has 6 heteroatoms. The molecule has 0 bridgehead atoms. The lowest BCUT2D eigenvalue weighted by Crippen LogP contribution is -2.33. The van der Waals surface area contributed by atoms with Crippen LogP contribution in [-0.2, 0) is 15.9 Å². The van der Waals surface area contributed by atoms with E-state index < -0.39 is 6.10 Å². The lowest BCUT2D eigenvalue weighted by Gasteiger charge is -2.29. The minimum Gasteiger partial charge on any atom is -0.396 e. The second-order valence-electron chi connectivity index (χ2n) is 7.10. The fraction of sp³-hybridized carbons (Fsp3) is 0.737. The molecule has 1 saturated heterocycles. The van der Waals surface area contributed by atoms with Crippen LogP contribution >= 0.6 is 11.3 Å². The second-order valence-corrected chi connectivity index (χ2v) is 8.30. The van der Waals surface area contributed by atoms with Crippen molar-refractivity contribution >= 4 is 17.6 Å². The minimum atomic E-state index is -0.431. The summed E-state index contributed by atoms with van der Waals surface area (Å²) in [6.45, 7) is 0.768. The van der Waals surface area contributed by atoms with Crippen molar-refractivity contribution in [1.29, 1.82) is 0 Å². The summed E-state index contributed by atoms with van der Waals surface area (Å²) < 4.78 is 11.7. The first kappa shape index (κ1) is 19.0. The summed E-state index contributed by atoms with van der Waals surface area (Å²) >= 11 is 1.53. The number of aliphatic hydroxyl groups is 2. The van der Waals surface area contributed by atoms with Gasteiger partial charge in [0.25, 0.3) is 0 Å². The van der Waals surface area contributed by atoms with Crippen molar-refractivity contribution in [3.8, 4) is 0 Å². The largest absolute Gasteiger partial charge is 0.396 e. The highest BCUT2D eigenvalue weighted by Crippen LogP contribution is 2.39. The van der Waals surface area contributed by atoms with Gasteiger partial charge in [-0.1, -0.05) is 0 Å². The Morgan fingerprint density at radius 2 is 2.20 bits per heavy atom. The molecule has 5 atom stereocenters. The Balaban J connectivity index is 1.50. The number of thiophene rings is 1. The van der Waals surface area contributed by atoms with Gasteiger partial charge in [0.05, 0.1) is 17.1 Å². The van der Waals surface area contributed by atoms with Crippen LogP contribution in [0.15, 0.2) is 12.1 Å². The SMILES string of the molecule is O=Cc1ccc(CCC[C@@H]2[C@@H](CO)[C@H](OC3CCCCO3)C[C@@H]2O)s1. The van der Waals surface area contributed by atoms with Crippen LogP contribution in [0.5, 0.6) is 0 Å². The molecule has 1 aliphatic heterocycles. The maximum atomic E-state index is 10.8. The summed E-state index contributed by atoms with van der Waals surface area (Å²) in [4.78, 5) is 12.7. The Labute approximate surface area is 153 Å². The van der Waals surface area contributed by atoms with Crippen LogP contribution in [0, 0.1) is 11.8 Å². The van der Waals surface area contributed by atoms with Gasteiger partial charge in [-0.05, 0) is 56.6 Å². The molecule has 2 N–H and O–H groups in total. The Morgan fingerprint density at radius 1 is 1.32 bits per heavy atom. The standard InChI is InChI=1S/C19H28O5S/c20-11-14-8-7-13(25-14)4-3-5-15-16(12-21)18(10-17(15)22)24-19-6-1-2-9-23-19/h7-8,11,15-19,21-22H,1-6,9-10,12H2/t15-,16-,17+,18-,19?/m1/s1. The highest BCUT2D eigenvalue weighted by atomic mass is 32.1. The van der Waals surface area contributed by atoms with E-state index in [9.17, 15) is 15.0 Å². The topological polar surface area (TPSA) is 76.0 Å². The van der Waals surface area contributed by atoms with Gasteiger partial charge in [-0.25, -0.2) is 0 Å². The van der Waals surface area contributed by atoms with E-state index in [1.807, 2.05) is 12.1 Å². The molecule has 2 fully saturated rings. The van der Waals surface area contributed by atoms with Gasteiger partial charge >= 0.3 is 0 Å². The summed E-state index contributed by atoms with van der Waals surface area (Å²) in [6.07, 6.45) is 6.48. The maximum absolute atomic E-state index is 10.8. The zero-order valence-electron chi connectivity index (χ0n) is 14.5. The van der Waals surface area contributed by atoms with Crippen LogP contribution in [0.1, 0.15) is 53.1 Å². The molecule has 1 aliphatic carbocycles. The van der Waals surface area contributed by atoms with Gasteiger partial charge < -0.3 is 19.7 Å². The number of hydrogen-bond acceptors (Lipinski definition) is 6. The van der Waals surface area contributed by atoms with Crippen LogP contribution in [0.4, 0.5) is 0 Å². The molecule has 1 aromatic heterocycles. The molecule has 0 aromatic carbocycles. The van der Waals surface area contributed by atoms with Gasteiger partial charge in [-0.2, -0.15) is 0 Å². The second kappa shape index (κ2) is 9.24. The van der Waals surface area contributed by atoms with Crippen LogP contribution in [0.2, 0.25) is 0 Å². The molecular weight excluding hydrogens is 340 g/mol. The van der Waals surface area contributed by atoms with Gasteiger partial charge in [-0.15, -0.1) is 11.3 Å². The van der Waals surface area contributed by atoms with Gasteiger partial charge in [0, 0.05) is 30.4 Å². The smallest absolute Gasteiger partial charge is 0.160 e. The van der Waals surface area contributed by atoms with Crippen LogP contribution in [0.25, 0.3) is 0 Å². The quantitative estimate of drug-likeness (QED) is 0.690. The fourth-order valence-corrected chi connectivity index (χ4v) is 4.95. The van der Waals surface area contributed by atoms with Crippen molar-refractivity contribution in [1.82, 2.24) is 0 Å². The van der Waals surface area contributed by atoms with E-state index in [-0.39, 0.29) is 30.8 Å². The van der Waals surface area contributed by atoms with Gasteiger partial charge in [-0.3, -0.25) is 4.79 Å². The summed E-state index contributed by atoms with van der Waals surface area (Å²) in [7, 11) is 0. The molecule has 0 radical (unpaired) electrons. The number of aliphatic hydroxyl groups excluding tert-OH is 2. The third-order valence-electron chi connectivity index (χ3n) is 5.43. The Hall–Kier alpha value is -0.790. The Bertz CT molecular complexity index is 540. The van der Waals surface area contributed by atoms with Gasteiger partial charge in [0.1, 0.15) is 0 Å². The zero-order valence-corrected chi connectivity index (χ0v) is 15.3. The van der Waals surface area contributed by atoms with E-state index in [0.717, 1.165) is 56.3 Å². The molecule has 1 unspecified atom stereocenters. The number of ether oxygens (including phenoxy) is 2. The lowest BCUT2D eigenvalue weighted by atomic mass is 9.89. The van der Waals surface area contributed by atoms with E-state index in [2.05, 4.69) is 0 Å². The highest BCUT2D eigenvalue weighted by Gasteiger charge is 2.43. The fourth-order valence-electron chi connectivity index (χ4n) is 4.08. The third-order valence-corrected chi connectivity index (χ3v) is 6.50. The summed E-state index contributed by atoms with van der Waals surface area (Å²) in [5.41, 5.74) is 0. The van der Waals surface area contributed by atoms with Gasteiger partial charge in [0.2, 0.25) is 0 Å². The normalized spacial score (nSPS) is 32.8. The Kier molecular flexibility index (Phi) is 7.01. The average Bonchev–Trinajstić information content (AvgIpc) is 3.20. The van der Waals surface area contributed by atoms with Crippen molar-refractivity contribution < 1.29 is 24.5 Å². The molecule has 2 heterocycles. The molecule has 1 saturated carbocycles. The van der Waals surface area contributed by atoms with Crippen molar-refractivity contribution in [2.75, 3.05) is 13.2 Å². The molecule has 0 spiro atoms. The predicted octanol–water partition coefficient (Wildman–Crippen LogP) is 2.78. The molecule has 1 aromatic rings. The van der Waals surface area contributed by atoms with E-state index >= 15 is 0 Å². The van der Waals surface area contributed by atoms with E-state index in [1.165, 1.54) is 16.2 Å². The lowest BCUT2D eigenvalue weighted by molar-refractivity contribution is -0.198. The molecule has 0 amide bonds. The molecular formula is C19H28O5S. The number of carbonyl (C=O) groups is 1. The highest BCUT2D eigenvalue weighted by molar-refractivity contribution is 7.13. The first-order chi connectivity index (χ1) is 12.2. The van der Waals surface area contributed by atoms with E-state index in [0.29, 0.717) is 6.42 Å². The van der Waals surface area contributed by atoms with E-state index in [4.69, 9.17) is 9.47 Å². The zero-order chi connectivity index (χ0) is 17.6. The van der Waals surface area contributed by atoms with Crippen LogP contribution < -0.4 is 0 Å².